The summed E-state index contributed by atoms with van der Waals surface area (Å²) in [5.74, 6) is 0. The second-order valence-electron chi connectivity index (χ2n) is 14.4. The predicted molar refractivity (Wildman–Crippen MR) is 237 cm³/mol. The van der Waals surface area contributed by atoms with E-state index in [-0.39, 0.29) is 0 Å². The van der Waals surface area contributed by atoms with Crippen molar-refractivity contribution in [2.45, 2.75) is 0 Å². The maximum absolute atomic E-state index is 7.01. The van der Waals surface area contributed by atoms with E-state index >= 15 is 0 Å². The molecule has 56 heavy (non-hydrogen) atoms. The van der Waals surface area contributed by atoms with Crippen molar-refractivity contribution in [1.82, 2.24) is 0 Å². The topological polar surface area (TPSA) is 16.4 Å². The quantitative estimate of drug-likeness (QED) is 0.160. The molecule has 0 N–H and O–H groups in total. The fourth-order valence-corrected chi connectivity index (χ4v) is 8.68. The largest absolute Gasteiger partial charge is 0.455 e. The summed E-state index contributed by atoms with van der Waals surface area (Å²) in [7, 11) is 0. The molecule has 0 radical (unpaired) electrons. The third-order valence-corrected chi connectivity index (χ3v) is 11.3. The minimum Gasteiger partial charge on any atom is -0.455 e. The van der Waals surface area contributed by atoms with Gasteiger partial charge in [0.15, 0.2) is 0 Å². The molecule has 0 atom stereocenters. The van der Waals surface area contributed by atoms with Crippen LogP contribution >= 0.6 is 0 Å². The molecule has 0 amide bonds. The van der Waals surface area contributed by atoms with E-state index in [9.17, 15) is 0 Å². The van der Waals surface area contributed by atoms with Gasteiger partial charge in [0, 0.05) is 33.1 Å². The lowest BCUT2D eigenvalue weighted by molar-refractivity contribution is 0.673. The molecule has 0 aliphatic carbocycles. The molecule has 10 aromatic carbocycles. The zero-order valence-corrected chi connectivity index (χ0v) is 30.6. The second-order valence-corrected chi connectivity index (χ2v) is 14.4. The maximum Gasteiger partial charge on any atom is 0.143 e. The zero-order valence-electron chi connectivity index (χ0n) is 30.6. The summed E-state index contributed by atoms with van der Waals surface area (Å²) in [6.07, 6.45) is 0. The zero-order chi connectivity index (χ0) is 37.0. The normalized spacial score (nSPS) is 11.6. The molecule has 0 fully saturated rings. The summed E-state index contributed by atoms with van der Waals surface area (Å²) in [5.41, 5.74) is 12.0. The number of rotatable bonds is 6. The van der Waals surface area contributed by atoms with E-state index in [2.05, 4.69) is 217 Å². The van der Waals surface area contributed by atoms with Gasteiger partial charge in [-0.3, -0.25) is 0 Å². The first-order valence-corrected chi connectivity index (χ1v) is 19.2. The Kier molecular flexibility index (Phi) is 7.53. The van der Waals surface area contributed by atoms with Gasteiger partial charge in [0.2, 0.25) is 0 Å². The Labute approximate surface area is 325 Å². The van der Waals surface area contributed by atoms with Crippen LogP contribution in [0.4, 0.5) is 17.1 Å². The Hall–Kier alpha value is -7.42. The first-order valence-electron chi connectivity index (χ1n) is 19.2. The average molecular weight is 714 g/mol. The molecule has 1 heterocycles. The van der Waals surface area contributed by atoms with E-state index in [0.29, 0.717) is 0 Å². The number of benzene rings is 10. The van der Waals surface area contributed by atoms with Crippen LogP contribution in [0, 0.1) is 0 Å². The lowest BCUT2D eigenvalue weighted by Gasteiger charge is -2.29. The Morgan fingerprint density at radius 2 is 0.804 bits per heavy atom. The highest BCUT2D eigenvalue weighted by Gasteiger charge is 2.26. The summed E-state index contributed by atoms with van der Waals surface area (Å²) >= 11 is 0. The molecule has 262 valence electrons. The van der Waals surface area contributed by atoms with E-state index in [1.165, 1.54) is 49.2 Å². The molecular weight excluding hydrogens is 679 g/mol. The molecular formula is C54H35NO. The van der Waals surface area contributed by atoms with Gasteiger partial charge in [-0.05, 0) is 91.1 Å². The molecule has 11 rings (SSSR count). The summed E-state index contributed by atoms with van der Waals surface area (Å²) in [6, 6.07) is 76.3. The number of fused-ring (bicyclic) bond motifs is 9. The molecule has 0 unspecified atom stereocenters. The summed E-state index contributed by atoms with van der Waals surface area (Å²) in [5, 5.41) is 9.36. The van der Waals surface area contributed by atoms with E-state index in [4.69, 9.17) is 4.42 Å². The average Bonchev–Trinajstić information content (AvgIpc) is 3.68. The highest BCUT2D eigenvalue weighted by Crippen LogP contribution is 2.51. The number of nitrogens with zero attached hydrogens (tertiary/aromatic N) is 1. The molecule has 1 aromatic heterocycles. The monoisotopic (exact) mass is 713 g/mol. The second kappa shape index (κ2) is 13.2. The Balaban J connectivity index is 1.25. The Morgan fingerprint density at radius 3 is 1.43 bits per heavy atom. The minimum absolute atomic E-state index is 0.868. The number of anilines is 3. The third kappa shape index (κ3) is 5.19. The van der Waals surface area contributed by atoms with Crippen molar-refractivity contribution in [2.75, 3.05) is 4.90 Å². The highest BCUT2D eigenvalue weighted by atomic mass is 16.3. The van der Waals surface area contributed by atoms with E-state index in [1.54, 1.807) is 0 Å². The van der Waals surface area contributed by atoms with Crippen molar-refractivity contribution in [3.05, 3.63) is 212 Å². The van der Waals surface area contributed by atoms with Crippen molar-refractivity contribution in [2.24, 2.45) is 0 Å². The molecule has 0 saturated heterocycles. The lowest BCUT2D eigenvalue weighted by Crippen LogP contribution is -2.11. The van der Waals surface area contributed by atoms with Gasteiger partial charge in [0.1, 0.15) is 11.2 Å². The first kappa shape index (κ1) is 32.0. The van der Waals surface area contributed by atoms with Crippen molar-refractivity contribution in [3.63, 3.8) is 0 Å². The highest BCUT2D eigenvalue weighted by molar-refractivity contribution is 6.33. The first-order chi connectivity index (χ1) is 27.8. The van der Waals surface area contributed by atoms with Gasteiger partial charge >= 0.3 is 0 Å². The van der Waals surface area contributed by atoms with Crippen molar-refractivity contribution in [3.8, 4) is 33.4 Å². The Morgan fingerprint density at radius 1 is 0.321 bits per heavy atom. The van der Waals surface area contributed by atoms with Gasteiger partial charge in [-0.1, -0.05) is 176 Å². The predicted octanol–water partition coefficient (Wildman–Crippen LogP) is 15.5. The van der Waals surface area contributed by atoms with Crippen molar-refractivity contribution < 1.29 is 4.42 Å². The van der Waals surface area contributed by atoms with E-state index < -0.39 is 0 Å². The minimum atomic E-state index is 0.868. The van der Waals surface area contributed by atoms with Crippen LogP contribution in [0.15, 0.2) is 217 Å². The van der Waals surface area contributed by atoms with Crippen molar-refractivity contribution in [1.29, 1.82) is 0 Å². The number of hydrogen-bond acceptors (Lipinski definition) is 2. The molecule has 11 aromatic rings. The SMILES string of the molecule is c1ccc(-c2ccc(N(c3ccc(-c4ccccc4)cc3)c3ccc4oc5c6ccccc6c6ccccc6c5c4c3-c3cccc4ccccc34)cc2)cc1. The van der Waals surface area contributed by atoms with Crippen LogP contribution in [0.2, 0.25) is 0 Å². The molecule has 2 nitrogen and oxygen atoms in total. The van der Waals surface area contributed by atoms with E-state index in [1.807, 2.05) is 0 Å². The van der Waals surface area contributed by atoms with Gasteiger partial charge in [-0.25, -0.2) is 0 Å². The van der Waals surface area contributed by atoms with Crippen LogP contribution in [-0.2, 0) is 0 Å². The third-order valence-electron chi connectivity index (χ3n) is 11.3. The van der Waals surface area contributed by atoms with Gasteiger partial charge in [0.05, 0.1) is 5.69 Å². The molecule has 0 aliphatic heterocycles. The lowest BCUT2D eigenvalue weighted by atomic mass is 9.90. The molecule has 0 bridgehead atoms. The van der Waals surface area contributed by atoms with Gasteiger partial charge in [0.25, 0.3) is 0 Å². The molecule has 0 aliphatic rings. The van der Waals surface area contributed by atoms with Gasteiger partial charge in [-0.2, -0.15) is 0 Å². The fourth-order valence-electron chi connectivity index (χ4n) is 8.68. The van der Waals surface area contributed by atoms with Gasteiger partial charge in [-0.15, -0.1) is 0 Å². The standard InChI is InChI=1S/C54H35NO/c1-3-14-36(15-4-1)38-26-30-41(31-27-38)55(42-32-28-39(29-33-42)37-16-5-2-6-17-37)49-34-35-50-53(51(49)46-25-13-19-40-18-7-8-20-43(40)46)52-47-23-11-9-21-44(47)45-22-10-12-24-48(45)54(52)56-50/h1-35H. The molecule has 0 saturated carbocycles. The van der Waals surface area contributed by atoms with Crippen LogP contribution in [-0.4, -0.2) is 0 Å². The molecule has 0 spiro atoms. The van der Waals surface area contributed by atoms with E-state index in [0.717, 1.165) is 55.5 Å². The summed E-state index contributed by atoms with van der Waals surface area (Å²) in [6.45, 7) is 0. The van der Waals surface area contributed by atoms with Crippen molar-refractivity contribution >= 4 is 71.3 Å². The number of hydrogen-bond donors (Lipinski definition) is 0. The van der Waals surface area contributed by atoms with Crippen LogP contribution in [0.3, 0.4) is 0 Å². The van der Waals surface area contributed by atoms with Crippen LogP contribution in [0.1, 0.15) is 0 Å². The fraction of sp³-hybridized carbons (Fsp3) is 0. The van der Waals surface area contributed by atoms with Crippen LogP contribution in [0.25, 0.3) is 87.6 Å². The summed E-state index contributed by atoms with van der Waals surface area (Å²) in [4.78, 5) is 2.42. The summed E-state index contributed by atoms with van der Waals surface area (Å²) < 4.78 is 7.01. The van der Waals surface area contributed by atoms with Crippen LogP contribution < -0.4 is 4.90 Å². The maximum atomic E-state index is 7.01. The van der Waals surface area contributed by atoms with Crippen LogP contribution in [0.5, 0.6) is 0 Å². The Bertz CT molecular complexity index is 3130. The molecule has 2 heteroatoms. The smallest absolute Gasteiger partial charge is 0.143 e. The van der Waals surface area contributed by atoms with Gasteiger partial charge < -0.3 is 9.32 Å². The number of furan rings is 1.